The molecule has 7 heteroatoms. The molecule has 1 atom stereocenters. The first kappa shape index (κ1) is 17.2. The van der Waals surface area contributed by atoms with Crippen molar-refractivity contribution in [3.8, 4) is 6.07 Å². The van der Waals surface area contributed by atoms with Gasteiger partial charge in [-0.1, -0.05) is 12.8 Å². The van der Waals surface area contributed by atoms with Gasteiger partial charge < -0.3 is 4.90 Å². The average Bonchev–Trinajstić information content (AvgIpc) is 2.98. The molecule has 0 spiro atoms. The van der Waals surface area contributed by atoms with Gasteiger partial charge in [-0.2, -0.15) is 5.26 Å². The van der Waals surface area contributed by atoms with Gasteiger partial charge in [0, 0.05) is 19.1 Å². The number of amides is 1. The Kier molecular flexibility index (Phi) is 5.13. The second-order valence-corrected chi connectivity index (χ2v) is 8.89. The maximum absolute atomic E-state index is 12.5. The van der Waals surface area contributed by atoms with Crippen molar-refractivity contribution in [3.63, 3.8) is 0 Å². The van der Waals surface area contributed by atoms with Crippen LogP contribution in [-0.4, -0.2) is 43.6 Å². The number of hydrogen-bond acceptors (Lipinski definition) is 4. The fourth-order valence-electron chi connectivity index (χ4n) is 3.19. The van der Waals surface area contributed by atoms with Crippen LogP contribution >= 0.6 is 0 Å². The van der Waals surface area contributed by atoms with E-state index >= 15 is 0 Å². The van der Waals surface area contributed by atoms with Gasteiger partial charge in [0.15, 0.2) is 0 Å². The molecule has 0 bridgehead atoms. The Morgan fingerprint density at radius 2 is 1.86 bits per heavy atom. The highest BCUT2D eigenvalue weighted by Crippen LogP contribution is 2.25. The van der Waals surface area contributed by atoms with Crippen LogP contribution in [0.5, 0.6) is 0 Å². The van der Waals surface area contributed by atoms with Crippen LogP contribution in [0.15, 0.2) is 0 Å². The summed E-state index contributed by atoms with van der Waals surface area (Å²) < 4.78 is 27.8. The summed E-state index contributed by atoms with van der Waals surface area (Å²) in [5.41, 5.74) is -1.11. The number of nitrogens with zero attached hydrogens (tertiary/aromatic N) is 2. The molecule has 1 aliphatic heterocycles. The minimum atomic E-state index is -3.41. The number of sulfonamides is 1. The van der Waals surface area contributed by atoms with Gasteiger partial charge in [0.25, 0.3) is 0 Å². The van der Waals surface area contributed by atoms with Gasteiger partial charge in [-0.25, -0.2) is 13.1 Å². The summed E-state index contributed by atoms with van der Waals surface area (Å²) in [6, 6.07) is 2.04. The molecular formula is C15H25N3O3S. The number of likely N-dealkylation sites (tertiary alicyclic amines) is 1. The highest BCUT2D eigenvalue weighted by Gasteiger charge is 2.38. The average molecular weight is 327 g/mol. The van der Waals surface area contributed by atoms with Crippen LogP contribution < -0.4 is 4.72 Å². The second kappa shape index (κ2) is 6.55. The molecule has 1 N–H and O–H groups in total. The quantitative estimate of drug-likeness (QED) is 0.845. The Bertz CT molecular complexity index is 559. The topological polar surface area (TPSA) is 90.3 Å². The number of nitrogens with one attached hydrogen (secondary N) is 1. The van der Waals surface area contributed by atoms with E-state index in [0.29, 0.717) is 19.4 Å². The van der Waals surface area contributed by atoms with E-state index in [1.165, 1.54) is 4.90 Å². The lowest BCUT2D eigenvalue weighted by Gasteiger charge is -2.35. The molecule has 1 amide bonds. The fourth-order valence-corrected chi connectivity index (χ4v) is 4.94. The van der Waals surface area contributed by atoms with E-state index in [9.17, 15) is 13.2 Å². The number of hydrogen-bond donors (Lipinski definition) is 1. The Labute approximate surface area is 132 Å². The van der Waals surface area contributed by atoms with Gasteiger partial charge >= 0.3 is 0 Å². The predicted octanol–water partition coefficient (Wildman–Crippen LogP) is 1.39. The lowest BCUT2D eigenvalue weighted by atomic mass is 9.93. The van der Waals surface area contributed by atoms with Gasteiger partial charge in [0.05, 0.1) is 11.3 Å². The molecule has 2 fully saturated rings. The predicted molar refractivity (Wildman–Crippen MR) is 83.3 cm³/mol. The van der Waals surface area contributed by atoms with Crippen molar-refractivity contribution in [1.82, 2.24) is 9.62 Å². The molecule has 2 rings (SSSR count). The molecule has 0 unspecified atom stereocenters. The summed E-state index contributed by atoms with van der Waals surface area (Å²) >= 11 is 0. The molecule has 0 aromatic heterocycles. The summed E-state index contributed by atoms with van der Waals surface area (Å²) in [5, 5.41) is 8.51. The maximum Gasteiger partial charge on any atom is 0.242 e. The number of carbonyl (C=O) groups is 1. The zero-order chi connectivity index (χ0) is 16.4. The molecule has 1 heterocycles. The van der Waals surface area contributed by atoms with Crippen LogP contribution in [0.25, 0.3) is 0 Å². The van der Waals surface area contributed by atoms with Gasteiger partial charge in [-0.05, 0) is 39.5 Å². The number of nitriles is 1. The van der Waals surface area contributed by atoms with Crippen molar-refractivity contribution < 1.29 is 13.2 Å². The van der Waals surface area contributed by atoms with Crippen LogP contribution in [0.2, 0.25) is 0 Å². The second-order valence-electron chi connectivity index (χ2n) is 6.90. The van der Waals surface area contributed by atoms with E-state index in [1.54, 1.807) is 13.8 Å². The molecule has 1 saturated heterocycles. The zero-order valence-electron chi connectivity index (χ0n) is 13.3. The third-order valence-corrected chi connectivity index (χ3v) is 6.53. The highest BCUT2D eigenvalue weighted by atomic mass is 32.2. The van der Waals surface area contributed by atoms with Crippen molar-refractivity contribution in [2.24, 2.45) is 5.41 Å². The fraction of sp³-hybridized carbons (Fsp3) is 0.867. The Hall–Kier alpha value is -1.13. The maximum atomic E-state index is 12.5. The summed E-state index contributed by atoms with van der Waals surface area (Å²) in [4.78, 5) is 13.9. The summed E-state index contributed by atoms with van der Waals surface area (Å²) in [7, 11) is -3.41. The largest absolute Gasteiger partial charge is 0.340 e. The van der Waals surface area contributed by atoms with Gasteiger partial charge in [0.2, 0.25) is 15.9 Å². The minimum absolute atomic E-state index is 0.0478. The van der Waals surface area contributed by atoms with E-state index < -0.39 is 20.7 Å². The number of carbonyl (C=O) groups excluding carboxylic acids is 1. The Balaban J connectivity index is 2.03. The minimum Gasteiger partial charge on any atom is -0.340 e. The highest BCUT2D eigenvalue weighted by molar-refractivity contribution is 7.90. The molecule has 0 radical (unpaired) electrons. The molecule has 124 valence electrons. The summed E-state index contributed by atoms with van der Waals surface area (Å²) in [5.74, 6) is -0.282. The Morgan fingerprint density at radius 3 is 2.45 bits per heavy atom. The molecular weight excluding hydrogens is 302 g/mol. The molecule has 2 aliphatic rings. The van der Waals surface area contributed by atoms with Crippen LogP contribution in [0.1, 0.15) is 52.4 Å². The smallest absolute Gasteiger partial charge is 0.242 e. The molecule has 0 aromatic rings. The third kappa shape index (κ3) is 3.79. The van der Waals surface area contributed by atoms with E-state index in [-0.39, 0.29) is 18.5 Å². The normalized spacial score (nSPS) is 24.2. The lowest BCUT2D eigenvalue weighted by molar-refractivity contribution is -0.138. The Morgan fingerprint density at radius 1 is 1.23 bits per heavy atom. The van der Waals surface area contributed by atoms with E-state index in [0.717, 1.165) is 25.7 Å². The van der Waals surface area contributed by atoms with Crippen molar-refractivity contribution in [2.45, 2.75) is 63.7 Å². The summed E-state index contributed by atoms with van der Waals surface area (Å²) in [6.45, 7) is 3.86. The molecule has 1 aliphatic carbocycles. The zero-order valence-corrected chi connectivity index (χ0v) is 14.2. The van der Waals surface area contributed by atoms with Crippen molar-refractivity contribution in [1.29, 1.82) is 5.26 Å². The molecule has 1 saturated carbocycles. The first-order valence-electron chi connectivity index (χ1n) is 7.98. The van der Waals surface area contributed by atoms with Crippen LogP contribution in [-0.2, 0) is 14.8 Å². The van der Waals surface area contributed by atoms with Crippen molar-refractivity contribution in [2.75, 3.05) is 13.1 Å². The first-order valence-corrected chi connectivity index (χ1v) is 9.52. The SMILES string of the molecule is CC(C)(C#N)C(=O)N1CCC[C@H](S(=O)(=O)NC2CCCC2)C1. The standard InChI is InChI=1S/C15H25N3O3S/c1-15(2,11-16)14(19)18-9-5-8-13(10-18)22(20,21)17-12-6-3-4-7-12/h12-13,17H,3-10H2,1-2H3/t13-/m0/s1. The van der Waals surface area contributed by atoms with Crippen molar-refractivity contribution >= 4 is 15.9 Å². The van der Waals surface area contributed by atoms with Crippen molar-refractivity contribution in [3.05, 3.63) is 0 Å². The molecule has 0 aromatic carbocycles. The van der Waals surface area contributed by atoms with Gasteiger partial charge in [-0.15, -0.1) is 0 Å². The van der Waals surface area contributed by atoms with Gasteiger partial charge in [-0.3, -0.25) is 4.79 Å². The summed E-state index contributed by atoms with van der Waals surface area (Å²) in [6.07, 6.45) is 5.16. The van der Waals surface area contributed by atoms with Crippen LogP contribution in [0, 0.1) is 16.7 Å². The molecule has 6 nitrogen and oxygen atoms in total. The van der Waals surface area contributed by atoms with E-state index in [2.05, 4.69) is 4.72 Å². The molecule has 22 heavy (non-hydrogen) atoms. The number of rotatable bonds is 4. The van der Waals surface area contributed by atoms with Gasteiger partial charge in [0.1, 0.15) is 5.41 Å². The number of piperidine rings is 1. The third-order valence-electron chi connectivity index (χ3n) is 4.60. The van der Waals surface area contributed by atoms with Crippen LogP contribution in [0.3, 0.4) is 0 Å². The monoisotopic (exact) mass is 327 g/mol. The van der Waals surface area contributed by atoms with E-state index in [4.69, 9.17) is 5.26 Å². The van der Waals surface area contributed by atoms with E-state index in [1.807, 2.05) is 6.07 Å². The first-order chi connectivity index (χ1) is 10.3. The lowest BCUT2D eigenvalue weighted by Crippen LogP contribution is -2.52. The van der Waals surface area contributed by atoms with Crippen LogP contribution in [0.4, 0.5) is 0 Å².